The standard InChI is InChI=1S/C20H26N6OS/c1-14(2)12-22-18-16-13-23-26(19(16)25-20(24-18)28-3)10-9-21-17(27)11-15-7-5-4-6-8-15/h4-8,13-14H,9-12H2,1-3H3,(H,21,27)(H,22,24,25). The fourth-order valence-electron chi connectivity index (χ4n) is 2.77. The van der Waals surface area contributed by atoms with Gasteiger partial charge >= 0.3 is 0 Å². The summed E-state index contributed by atoms with van der Waals surface area (Å²) in [6, 6.07) is 9.72. The Bertz CT molecular complexity index is 925. The molecule has 0 aliphatic rings. The predicted molar refractivity (Wildman–Crippen MR) is 114 cm³/mol. The smallest absolute Gasteiger partial charge is 0.224 e. The Morgan fingerprint density at radius 3 is 2.71 bits per heavy atom. The summed E-state index contributed by atoms with van der Waals surface area (Å²) in [5.74, 6) is 1.32. The molecule has 148 valence electrons. The molecule has 3 rings (SSSR count). The van der Waals surface area contributed by atoms with Crippen molar-refractivity contribution in [3.63, 3.8) is 0 Å². The molecule has 7 nitrogen and oxygen atoms in total. The van der Waals surface area contributed by atoms with Crippen molar-refractivity contribution >= 4 is 34.5 Å². The van der Waals surface area contributed by atoms with Crippen LogP contribution in [0.3, 0.4) is 0 Å². The zero-order valence-electron chi connectivity index (χ0n) is 16.5. The lowest BCUT2D eigenvalue weighted by Crippen LogP contribution is -2.28. The van der Waals surface area contributed by atoms with Crippen LogP contribution in [-0.2, 0) is 17.8 Å². The fourth-order valence-corrected chi connectivity index (χ4v) is 3.13. The first kappa shape index (κ1) is 20.1. The Balaban J connectivity index is 1.66. The van der Waals surface area contributed by atoms with Crippen LogP contribution in [0.4, 0.5) is 5.82 Å². The van der Waals surface area contributed by atoms with Crippen LogP contribution in [-0.4, -0.2) is 45.0 Å². The van der Waals surface area contributed by atoms with Gasteiger partial charge in [0.1, 0.15) is 5.82 Å². The molecular formula is C20H26N6OS. The third-order valence-electron chi connectivity index (χ3n) is 4.19. The average Bonchev–Trinajstić information content (AvgIpc) is 3.09. The van der Waals surface area contributed by atoms with Crippen LogP contribution in [0.25, 0.3) is 11.0 Å². The summed E-state index contributed by atoms with van der Waals surface area (Å²) in [5.41, 5.74) is 1.78. The minimum atomic E-state index is 0.00128. The van der Waals surface area contributed by atoms with Crippen molar-refractivity contribution in [2.75, 3.05) is 24.7 Å². The highest BCUT2D eigenvalue weighted by molar-refractivity contribution is 7.98. The minimum Gasteiger partial charge on any atom is -0.369 e. The lowest BCUT2D eigenvalue weighted by atomic mass is 10.1. The van der Waals surface area contributed by atoms with E-state index in [2.05, 4.69) is 39.5 Å². The second-order valence-electron chi connectivity index (χ2n) is 6.95. The summed E-state index contributed by atoms with van der Waals surface area (Å²) >= 11 is 1.50. The largest absolute Gasteiger partial charge is 0.369 e. The Morgan fingerprint density at radius 1 is 1.21 bits per heavy atom. The molecule has 2 heterocycles. The second kappa shape index (κ2) is 9.54. The van der Waals surface area contributed by atoms with E-state index in [0.29, 0.717) is 30.6 Å². The molecule has 0 radical (unpaired) electrons. The van der Waals surface area contributed by atoms with Gasteiger partial charge in [-0.2, -0.15) is 5.10 Å². The number of anilines is 1. The molecule has 0 saturated carbocycles. The highest BCUT2D eigenvalue weighted by Gasteiger charge is 2.13. The molecule has 0 aliphatic carbocycles. The van der Waals surface area contributed by atoms with E-state index in [-0.39, 0.29) is 5.91 Å². The Kier molecular flexibility index (Phi) is 6.86. The number of carbonyl (C=O) groups is 1. The summed E-state index contributed by atoms with van der Waals surface area (Å²) in [5, 5.41) is 12.4. The van der Waals surface area contributed by atoms with Crippen molar-refractivity contribution in [1.29, 1.82) is 0 Å². The molecule has 2 N–H and O–H groups in total. The highest BCUT2D eigenvalue weighted by atomic mass is 32.2. The van der Waals surface area contributed by atoms with Crippen molar-refractivity contribution in [1.82, 2.24) is 25.1 Å². The third kappa shape index (κ3) is 5.22. The molecule has 0 aliphatic heterocycles. The van der Waals surface area contributed by atoms with Crippen LogP contribution in [0, 0.1) is 5.92 Å². The van der Waals surface area contributed by atoms with Crippen molar-refractivity contribution in [3.8, 4) is 0 Å². The number of fused-ring (bicyclic) bond motifs is 1. The number of nitrogens with zero attached hydrogens (tertiary/aromatic N) is 4. The Labute approximate surface area is 169 Å². The number of nitrogens with one attached hydrogen (secondary N) is 2. The van der Waals surface area contributed by atoms with Crippen LogP contribution in [0.15, 0.2) is 41.7 Å². The monoisotopic (exact) mass is 398 g/mol. The van der Waals surface area contributed by atoms with Crippen LogP contribution >= 0.6 is 11.8 Å². The molecule has 0 atom stereocenters. The zero-order chi connectivity index (χ0) is 19.9. The topological polar surface area (TPSA) is 84.7 Å². The van der Waals surface area contributed by atoms with Gasteiger partial charge in [0.15, 0.2) is 10.8 Å². The summed E-state index contributed by atoms with van der Waals surface area (Å²) in [6.45, 7) is 6.19. The number of thioether (sulfide) groups is 1. The van der Waals surface area contributed by atoms with Crippen LogP contribution in [0.5, 0.6) is 0 Å². The van der Waals surface area contributed by atoms with Crippen molar-refractivity contribution < 1.29 is 4.79 Å². The average molecular weight is 399 g/mol. The van der Waals surface area contributed by atoms with E-state index in [4.69, 9.17) is 0 Å². The summed E-state index contributed by atoms with van der Waals surface area (Å²) in [4.78, 5) is 21.3. The van der Waals surface area contributed by atoms with E-state index >= 15 is 0 Å². The SMILES string of the molecule is CSc1nc(NCC(C)C)c2cnn(CCNC(=O)Cc3ccccc3)c2n1. The molecule has 3 aromatic rings. The van der Waals surface area contributed by atoms with Gasteiger partial charge in [0, 0.05) is 13.1 Å². The molecule has 2 aromatic heterocycles. The molecule has 0 fully saturated rings. The maximum atomic E-state index is 12.1. The number of aromatic nitrogens is 4. The van der Waals surface area contributed by atoms with E-state index in [1.165, 1.54) is 11.8 Å². The molecule has 0 saturated heterocycles. The maximum absolute atomic E-state index is 12.1. The second-order valence-corrected chi connectivity index (χ2v) is 7.72. The van der Waals surface area contributed by atoms with E-state index < -0.39 is 0 Å². The van der Waals surface area contributed by atoms with Gasteiger partial charge in [0.05, 0.1) is 24.5 Å². The van der Waals surface area contributed by atoms with Gasteiger partial charge in [-0.1, -0.05) is 55.9 Å². The van der Waals surface area contributed by atoms with Gasteiger partial charge in [0.2, 0.25) is 5.91 Å². The van der Waals surface area contributed by atoms with Gasteiger partial charge in [-0.05, 0) is 17.7 Å². The normalized spacial score (nSPS) is 11.1. The van der Waals surface area contributed by atoms with Gasteiger partial charge < -0.3 is 10.6 Å². The predicted octanol–water partition coefficient (Wildman–Crippen LogP) is 2.98. The molecule has 1 amide bonds. The highest BCUT2D eigenvalue weighted by Crippen LogP contribution is 2.23. The molecule has 28 heavy (non-hydrogen) atoms. The number of amides is 1. The summed E-state index contributed by atoms with van der Waals surface area (Å²) in [7, 11) is 0. The first-order chi connectivity index (χ1) is 13.6. The van der Waals surface area contributed by atoms with Gasteiger partial charge in [-0.25, -0.2) is 14.6 Å². The number of benzene rings is 1. The summed E-state index contributed by atoms with van der Waals surface area (Å²) in [6.07, 6.45) is 4.12. The van der Waals surface area contributed by atoms with E-state index in [0.717, 1.165) is 29.0 Å². The van der Waals surface area contributed by atoms with E-state index in [1.54, 1.807) is 6.20 Å². The molecule has 0 unspecified atom stereocenters. The lowest BCUT2D eigenvalue weighted by Gasteiger charge is -2.11. The quantitative estimate of drug-likeness (QED) is 0.426. The van der Waals surface area contributed by atoms with Crippen molar-refractivity contribution in [2.45, 2.75) is 32.0 Å². The van der Waals surface area contributed by atoms with Crippen LogP contribution in [0.1, 0.15) is 19.4 Å². The van der Waals surface area contributed by atoms with Crippen LogP contribution < -0.4 is 10.6 Å². The van der Waals surface area contributed by atoms with Gasteiger partial charge in [-0.3, -0.25) is 4.79 Å². The van der Waals surface area contributed by atoms with Crippen molar-refractivity contribution in [2.24, 2.45) is 5.92 Å². The fraction of sp³-hybridized carbons (Fsp3) is 0.400. The maximum Gasteiger partial charge on any atom is 0.224 e. The molecule has 0 spiro atoms. The number of rotatable bonds is 9. The zero-order valence-corrected chi connectivity index (χ0v) is 17.3. The molecule has 8 heteroatoms. The Morgan fingerprint density at radius 2 is 2.00 bits per heavy atom. The molecular weight excluding hydrogens is 372 g/mol. The van der Waals surface area contributed by atoms with Gasteiger partial charge in [0.25, 0.3) is 0 Å². The minimum absolute atomic E-state index is 0.00128. The number of carbonyl (C=O) groups excluding carboxylic acids is 1. The Hall–Kier alpha value is -2.61. The summed E-state index contributed by atoms with van der Waals surface area (Å²) < 4.78 is 1.82. The van der Waals surface area contributed by atoms with E-state index in [1.807, 2.05) is 41.3 Å². The van der Waals surface area contributed by atoms with Crippen molar-refractivity contribution in [3.05, 3.63) is 42.1 Å². The van der Waals surface area contributed by atoms with Gasteiger partial charge in [-0.15, -0.1) is 0 Å². The molecule has 1 aromatic carbocycles. The van der Waals surface area contributed by atoms with E-state index in [9.17, 15) is 4.79 Å². The third-order valence-corrected chi connectivity index (χ3v) is 4.74. The molecule has 0 bridgehead atoms. The first-order valence-corrected chi connectivity index (χ1v) is 10.6. The number of hydrogen-bond acceptors (Lipinski definition) is 6. The van der Waals surface area contributed by atoms with Crippen LogP contribution in [0.2, 0.25) is 0 Å². The lowest BCUT2D eigenvalue weighted by molar-refractivity contribution is -0.120. The number of hydrogen-bond donors (Lipinski definition) is 2. The first-order valence-electron chi connectivity index (χ1n) is 9.39.